The normalized spacial score (nSPS) is 26.7. The Labute approximate surface area is 605 Å². The molecule has 0 radical (unpaired) electrons. The quantitative estimate of drug-likeness (QED) is 0.0199. The summed E-state index contributed by atoms with van der Waals surface area (Å²) in [6, 6.07) is -0.888. The number of aliphatic hydroxyl groups excluding tert-OH is 11. The molecule has 3 aliphatic heterocycles. The molecule has 19 nitrogen and oxygen atoms in total. The van der Waals surface area contributed by atoms with Crippen LogP contribution in [0.4, 0.5) is 0 Å². The molecule has 1 amide bonds. The van der Waals surface area contributed by atoms with E-state index >= 15 is 0 Å². The van der Waals surface area contributed by atoms with Gasteiger partial charge in [0.05, 0.1) is 38.6 Å². The predicted molar refractivity (Wildman–Crippen MR) is 397 cm³/mol. The highest BCUT2D eigenvalue weighted by Crippen LogP contribution is 2.33. The number of hydrogen-bond acceptors (Lipinski definition) is 18. The molecular weight excluding hydrogens is 1270 g/mol. The van der Waals surface area contributed by atoms with Gasteiger partial charge in [-0.3, -0.25) is 4.79 Å². The zero-order chi connectivity index (χ0) is 72.5. The van der Waals surface area contributed by atoms with Crippen molar-refractivity contribution in [3.05, 3.63) is 48.6 Å². The van der Waals surface area contributed by atoms with Crippen molar-refractivity contribution in [2.75, 3.05) is 26.4 Å². The molecule has 0 saturated carbocycles. The Balaban J connectivity index is 1.34. The molecule has 0 aromatic heterocycles. The fourth-order valence-electron chi connectivity index (χ4n) is 13.9. The third-order valence-corrected chi connectivity index (χ3v) is 20.4. The molecule has 3 aliphatic rings. The Morgan fingerprint density at radius 2 is 0.690 bits per heavy atom. The van der Waals surface area contributed by atoms with E-state index in [0.717, 1.165) is 70.6 Å². The Morgan fingerprint density at radius 1 is 0.370 bits per heavy atom. The maximum Gasteiger partial charge on any atom is 0.220 e. The van der Waals surface area contributed by atoms with E-state index in [4.69, 9.17) is 28.4 Å². The standard InChI is InChI=1S/C81H149NO18/c1-3-5-7-9-11-13-15-17-19-21-23-25-27-28-29-30-31-32-33-34-35-36-37-39-41-43-45-47-49-51-53-55-57-59-69(87)82-64(65(86)58-56-54-52-50-48-46-44-42-40-38-26-24-22-20-18-16-14-12-10-8-6-4-2)63-95-79-75(93)72(90)77(67(61-84)97-79)100-81-76(94)73(91)78(68(62-85)98-81)99-80-74(92)71(89)70(88)66(60-83)96-80/h5,7,11,13,17,19,23,25,64-68,70-81,83-86,88-94H,3-4,6,8-10,12,14-16,18,20-22,24,26-63H2,1-2H3,(H,82,87)/b7-5-,13-11-,19-17-,25-23-. The van der Waals surface area contributed by atoms with Crippen molar-refractivity contribution >= 4 is 5.91 Å². The van der Waals surface area contributed by atoms with Gasteiger partial charge in [0.2, 0.25) is 5.91 Å². The molecule has 3 heterocycles. The minimum atomic E-state index is -1.97. The van der Waals surface area contributed by atoms with Crippen LogP contribution in [0.3, 0.4) is 0 Å². The van der Waals surface area contributed by atoms with E-state index in [1.807, 2.05) is 0 Å². The summed E-state index contributed by atoms with van der Waals surface area (Å²) >= 11 is 0. The minimum absolute atomic E-state index is 0.237. The molecule has 586 valence electrons. The fourth-order valence-corrected chi connectivity index (χ4v) is 13.9. The van der Waals surface area contributed by atoms with Crippen LogP contribution in [0.2, 0.25) is 0 Å². The van der Waals surface area contributed by atoms with Crippen LogP contribution in [-0.2, 0) is 33.2 Å². The molecule has 3 rings (SSSR count). The van der Waals surface area contributed by atoms with Crippen LogP contribution in [0.1, 0.15) is 328 Å². The smallest absolute Gasteiger partial charge is 0.220 e. The van der Waals surface area contributed by atoms with E-state index in [1.54, 1.807) is 0 Å². The number of hydrogen-bond donors (Lipinski definition) is 12. The lowest BCUT2D eigenvalue weighted by Crippen LogP contribution is -2.66. The highest BCUT2D eigenvalue weighted by atomic mass is 16.8. The first-order chi connectivity index (χ1) is 48.8. The van der Waals surface area contributed by atoms with Gasteiger partial charge < -0.3 is 89.9 Å². The molecule has 17 atom stereocenters. The van der Waals surface area contributed by atoms with Gasteiger partial charge in [0, 0.05) is 6.42 Å². The summed E-state index contributed by atoms with van der Waals surface area (Å²) in [5, 5.41) is 121. The van der Waals surface area contributed by atoms with Gasteiger partial charge in [-0.15, -0.1) is 0 Å². The Bertz CT molecular complexity index is 1990. The van der Waals surface area contributed by atoms with Crippen molar-refractivity contribution in [1.82, 2.24) is 5.32 Å². The molecule has 3 fully saturated rings. The zero-order valence-corrected chi connectivity index (χ0v) is 62.7. The molecule has 3 saturated heterocycles. The first-order valence-corrected chi connectivity index (χ1v) is 40.9. The number of aliphatic hydroxyl groups is 11. The minimum Gasteiger partial charge on any atom is -0.394 e. The molecule has 19 heteroatoms. The number of unbranched alkanes of at least 4 members (excludes halogenated alkanes) is 41. The van der Waals surface area contributed by atoms with Gasteiger partial charge >= 0.3 is 0 Å². The first-order valence-electron chi connectivity index (χ1n) is 40.9. The third kappa shape index (κ3) is 41.6. The maximum atomic E-state index is 13.5. The van der Waals surface area contributed by atoms with Gasteiger partial charge in [0.25, 0.3) is 0 Å². The number of amides is 1. The first kappa shape index (κ1) is 92.0. The van der Waals surface area contributed by atoms with Crippen molar-refractivity contribution in [3.63, 3.8) is 0 Å². The molecule has 0 bridgehead atoms. The third-order valence-electron chi connectivity index (χ3n) is 20.4. The van der Waals surface area contributed by atoms with Crippen LogP contribution in [0.25, 0.3) is 0 Å². The van der Waals surface area contributed by atoms with Crippen LogP contribution in [-0.4, -0.2) is 193 Å². The molecule has 100 heavy (non-hydrogen) atoms. The largest absolute Gasteiger partial charge is 0.394 e. The number of carbonyl (C=O) groups is 1. The Kier molecular flexibility index (Phi) is 56.9. The summed E-state index contributed by atoms with van der Waals surface area (Å²) in [7, 11) is 0. The SMILES string of the molecule is CC/C=C\C/C=C\C/C=C\C/C=C\CCCCCCCCCCCCCCCCCCCCCCC(=O)NC(COC1OC(CO)C(OC2OC(CO)C(OC3OC(CO)C(O)C(O)C3O)C(O)C2O)C(O)C1O)C(O)CCCCCCCCCCCCCCCCCCCCCCCC. The van der Waals surface area contributed by atoms with Gasteiger partial charge in [0.15, 0.2) is 18.9 Å². The van der Waals surface area contributed by atoms with Gasteiger partial charge in [-0.2, -0.15) is 0 Å². The van der Waals surface area contributed by atoms with E-state index in [9.17, 15) is 61.0 Å². The monoisotopic (exact) mass is 1420 g/mol. The number of carbonyl (C=O) groups excluding carboxylic acids is 1. The second-order valence-electron chi connectivity index (χ2n) is 29.2. The van der Waals surface area contributed by atoms with Crippen LogP contribution < -0.4 is 5.32 Å². The van der Waals surface area contributed by atoms with Crippen molar-refractivity contribution in [3.8, 4) is 0 Å². The predicted octanol–water partition coefficient (Wildman–Crippen LogP) is 13.7. The summed E-state index contributed by atoms with van der Waals surface area (Å²) in [5.41, 5.74) is 0. The second kappa shape index (κ2) is 61.9. The van der Waals surface area contributed by atoms with Gasteiger partial charge in [0.1, 0.15) is 73.2 Å². The molecule has 0 aliphatic carbocycles. The van der Waals surface area contributed by atoms with Gasteiger partial charge in [-0.05, 0) is 51.4 Å². The van der Waals surface area contributed by atoms with E-state index in [-0.39, 0.29) is 18.9 Å². The van der Waals surface area contributed by atoms with Gasteiger partial charge in [-0.1, -0.05) is 319 Å². The summed E-state index contributed by atoms with van der Waals surface area (Å²) in [4.78, 5) is 13.5. The van der Waals surface area contributed by atoms with Crippen LogP contribution in [0, 0.1) is 0 Å². The van der Waals surface area contributed by atoms with Crippen molar-refractivity contribution < 1.29 is 89.4 Å². The lowest BCUT2D eigenvalue weighted by atomic mass is 9.96. The van der Waals surface area contributed by atoms with E-state index in [2.05, 4.69) is 67.8 Å². The highest BCUT2D eigenvalue weighted by molar-refractivity contribution is 5.76. The lowest BCUT2D eigenvalue weighted by Gasteiger charge is -2.48. The zero-order valence-electron chi connectivity index (χ0n) is 62.7. The number of rotatable bonds is 65. The summed E-state index contributed by atoms with van der Waals surface area (Å²) in [5.74, 6) is -0.237. The number of allylic oxidation sites excluding steroid dienone is 8. The molecule has 0 aromatic rings. The van der Waals surface area contributed by atoms with Crippen molar-refractivity contribution in [2.45, 2.75) is 433 Å². The second-order valence-corrected chi connectivity index (χ2v) is 29.2. The topological polar surface area (TPSA) is 307 Å². The highest BCUT2D eigenvalue weighted by Gasteiger charge is 2.54. The van der Waals surface area contributed by atoms with Crippen molar-refractivity contribution in [2.24, 2.45) is 0 Å². The summed E-state index contributed by atoms with van der Waals surface area (Å²) in [6.45, 7) is 1.74. The van der Waals surface area contributed by atoms with Crippen molar-refractivity contribution in [1.29, 1.82) is 0 Å². The van der Waals surface area contributed by atoms with Crippen LogP contribution in [0.5, 0.6) is 0 Å². The lowest BCUT2D eigenvalue weighted by molar-refractivity contribution is -0.379. The average molecular weight is 1430 g/mol. The fraction of sp³-hybridized carbons (Fsp3) is 0.889. The van der Waals surface area contributed by atoms with E-state index < -0.39 is 124 Å². The van der Waals surface area contributed by atoms with E-state index in [1.165, 1.54) is 225 Å². The van der Waals surface area contributed by atoms with E-state index in [0.29, 0.717) is 12.8 Å². The summed E-state index contributed by atoms with van der Waals surface area (Å²) < 4.78 is 34.5. The number of nitrogens with one attached hydrogen (secondary N) is 1. The summed E-state index contributed by atoms with van der Waals surface area (Å²) in [6.07, 6.45) is 50.6. The molecule has 17 unspecified atom stereocenters. The molecule has 0 aromatic carbocycles. The maximum absolute atomic E-state index is 13.5. The molecular formula is C81H149NO18. The molecule has 12 N–H and O–H groups in total. The number of ether oxygens (including phenoxy) is 6. The Hall–Kier alpha value is -2.25. The average Bonchev–Trinajstić information content (AvgIpc) is 0.783. The molecule has 0 spiro atoms. The van der Waals surface area contributed by atoms with Crippen LogP contribution >= 0.6 is 0 Å². The van der Waals surface area contributed by atoms with Crippen LogP contribution in [0.15, 0.2) is 48.6 Å². The van der Waals surface area contributed by atoms with Gasteiger partial charge in [-0.25, -0.2) is 0 Å². The Morgan fingerprint density at radius 3 is 1.08 bits per heavy atom.